The van der Waals surface area contributed by atoms with E-state index in [0.29, 0.717) is 42.5 Å². The SMILES string of the molecule is COc1ccc(-c2nnc3c4ccccc4nc(N4CCCN(C(=O)c5ccc6c(c5)OCO6)CC4)n23)cc1. The summed E-state index contributed by atoms with van der Waals surface area (Å²) >= 11 is 0. The first-order chi connectivity index (χ1) is 19.2. The monoisotopic (exact) mass is 522 g/mol. The Morgan fingerprint density at radius 1 is 0.897 bits per heavy atom. The first-order valence-corrected chi connectivity index (χ1v) is 12.9. The van der Waals surface area contributed by atoms with Crippen molar-refractivity contribution in [1.29, 1.82) is 0 Å². The van der Waals surface area contributed by atoms with E-state index in [1.54, 1.807) is 25.3 Å². The highest BCUT2D eigenvalue weighted by molar-refractivity contribution is 5.95. The number of carbonyl (C=O) groups excluding carboxylic acids is 1. The minimum atomic E-state index is -0.0185. The highest BCUT2D eigenvalue weighted by Crippen LogP contribution is 2.33. The molecule has 2 aromatic heterocycles. The Hall–Kier alpha value is -4.86. The normalized spacial score (nSPS) is 15.1. The molecule has 0 N–H and O–H groups in total. The Morgan fingerprint density at radius 2 is 1.74 bits per heavy atom. The summed E-state index contributed by atoms with van der Waals surface area (Å²) in [7, 11) is 1.65. The van der Waals surface area contributed by atoms with E-state index < -0.39 is 0 Å². The molecule has 0 atom stereocenters. The molecule has 1 fully saturated rings. The van der Waals surface area contributed by atoms with Gasteiger partial charge in [-0.15, -0.1) is 10.2 Å². The number of benzene rings is 3. The number of amides is 1. The van der Waals surface area contributed by atoms with Gasteiger partial charge in [0.25, 0.3) is 5.91 Å². The van der Waals surface area contributed by atoms with Crippen LogP contribution in [0.5, 0.6) is 17.2 Å². The van der Waals surface area contributed by atoms with Crippen LogP contribution < -0.4 is 19.1 Å². The summed E-state index contributed by atoms with van der Waals surface area (Å²) in [4.78, 5) is 22.6. The molecule has 0 unspecified atom stereocenters. The van der Waals surface area contributed by atoms with Gasteiger partial charge in [0.1, 0.15) is 5.75 Å². The molecule has 4 heterocycles. The van der Waals surface area contributed by atoms with E-state index in [9.17, 15) is 4.79 Å². The average molecular weight is 523 g/mol. The number of rotatable bonds is 4. The van der Waals surface area contributed by atoms with Crippen molar-refractivity contribution >= 4 is 28.4 Å². The zero-order valence-corrected chi connectivity index (χ0v) is 21.4. The lowest BCUT2D eigenvalue weighted by Gasteiger charge is -2.24. The quantitative estimate of drug-likeness (QED) is 0.349. The van der Waals surface area contributed by atoms with E-state index in [1.807, 2.05) is 57.8 Å². The smallest absolute Gasteiger partial charge is 0.254 e. The molecule has 196 valence electrons. The Bertz CT molecular complexity index is 1700. The second-order valence-corrected chi connectivity index (χ2v) is 9.54. The van der Waals surface area contributed by atoms with Crippen molar-refractivity contribution in [3.05, 3.63) is 72.3 Å². The van der Waals surface area contributed by atoms with Gasteiger partial charge < -0.3 is 24.0 Å². The van der Waals surface area contributed by atoms with E-state index in [2.05, 4.69) is 15.1 Å². The predicted molar refractivity (Wildman–Crippen MR) is 146 cm³/mol. The van der Waals surface area contributed by atoms with E-state index >= 15 is 0 Å². The maximum atomic E-state index is 13.4. The predicted octanol–water partition coefficient (Wildman–Crippen LogP) is 4.03. The second kappa shape index (κ2) is 9.46. The fourth-order valence-electron chi connectivity index (χ4n) is 5.24. The number of aromatic nitrogens is 4. The summed E-state index contributed by atoms with van der Waals surface area (Å²) in [5.74, 6) is 3.50. The van der Waals surface area contributed by atoms with Crippen LogP contribution in [0.25, 0.3) is 27.9 Å². The molecule has 0 spiro atoms. The van der Waals surface area contributed by atoms with Crippen molar-refractivity contribution in [3.8, 4) is 28.6 Å². The van der Waals surface area contributed by atoms with Crippen LogP contribution in [0.4, 0.5) is 5.95 Å². The van der Waals surface area contributed by atoms with Crippen LogP contribution in [0.2, 0.25) is 0 Å². The summed E-state index contributed by atoms with van der Waals surface area (Å²) in [6.07, 6.45) is 0.798. The minimum absolute atomic E-state index is 0.0185. The van der Waals surface area contributed by atoms with Crippen molar-refractivity contribution in [1.82, 2.24) is 24.5 Å². The average Bonchev–Trinajstić information content (AvgIpc) is 3.57. The van der Waals surface area contributed by atoms with Crippen LogP contribution in [0.1, 0.15) is 16.8 Å². The van der Waals surface area contributed by atoms with Crippen LogP contribution in [-0.4, -0.2) is 70.5 Å². The maximum absolute atomic E-state index is 13.4. The van der Waals surface area contributed by atoms with Crippen LogP contribution in [0.15, 0.2) is 66.7 Å². The molecule has 0 aliphatic carbocycles. The number of para-hydroxylation sites is 1. The van der Waals surface area contributed by atoms with Crippen molar-refractivity contribution in [2.24, 2.45) is 0 Å². The zero-order valence-electron chi connectivity index (χ0n) is 21.4. The largest absolute Gasteiger partial charge is 0.497 e. The van der Waals surface area contributed by atoms with Crippen LogP contribution in [-0.2, 0) is 0 Å². The molecule has 10 heteroatoms. The first kappa shape index (κ1) is 23.3. The van der Waals surface area contributed by atoms with E-state index in [0.717, 1.165) is 46.8 Å². The number of hydrogen-bond acceptors (Lipinski definition) is 8. The van der Waals surface area contributed by atoms with Gasteiger partial charge in [-0.3, -0.25) is 4.79 Å². The van der Waals surface area contributed by atoms with Gasteiger partial charge in [-0.1, -0.05) is 12.1 Å². The standard InChI is InChI=1S/C29H26N6O4/c1-37-21-10-7-19(8-11-21)26-31-32-27-22-5-2-3-6-23(22)30-29(35(26)27)34-14-4-13-33(15-16-34)28(36)20-9-12-24-25(17-20)39-18-38-24/h2-3,5-12,17H,4,13-16,18H2,1H3. The molecular weight excluding hydrogens is 496 g/mol. The summed E-state index contributed by atoms with van der Waals surface area (Å²) in [5, 5.41) is 10.1. The Balaban J connectivity index is 1.24. The molecule has 2 aliphatic heterocycles. The number of fused-ring (bicyclic) bond motifs is 4. The fourth-order valence-corrected chi connectivity index (χ4v) is 5.24. The molecule has 7 rings (SSSR count). The molecule has 0 saturated carbocycles. The lowest BCUT2D eigenvalue weighted by molar-refractivity contribution is 0.0766. The second-order valence-electron chi connectivity index (χ2n) is 9.54. The Kier molecular flexibility index (Phi) is 5.65. The Morgan fingerprint density at radius 3 is 2.62 bits per heavy atom. The summed E-state index contributed by atoms with van der Waals surface area (Å²) in [5.41, 5.74) is 3.11. The zero-order chi connectivity index (χ0) is 26.3. The van der Waals surface area contributed by atoms with E-state index in [1.165, 1.54) is 0 Å². The lowest BCUT2D eigenvalue weighted by atomic mass is 10.1. The molecule has 39 heavy (non-hydrogen) atoms. The number of carbonyl (C=O) groups is 1. The summed E-state index contributed by atoms with van der Waals surface area (Å²) < 4.78 is 18.2. The highest BCUT2D eigenvalue weighted by Gasteiger charge is 2.26. The van der Waals surface area contributed by atoms with Gasteiger partial charge in [0.15, 0.2) is 23.0 Å². The minimum Gasteiger partial charge on any atom is -0.497 e. The van der Waals surface area contributed by atoms with Crippen LogP contribution in [0.3, 0.4) is 0 Å². The molecule has 5 aromatic rings. The third kappa shape index (κ3) is 4.04. The van der Waals surface area contributed by atoms with Gasteiger partial charge in [-0.05, 0) is 61.0 Å². The maximum Gasteiger partial charge on any atom is 0.254 e. The van der Waals surface area contributed by atoms with Gasteiger partial charge in [-0.25, -0.2) is 9.38 Å². The van der Waals surface area contributed by atoms with Crippen LogP contribution >= 0.6 is 0 Å². The first-order valence-electron chi connectivity index (χ1n) is 12.9. The number of ether oxygens (including phenoxy) is 3. The van der Waals surface area contributed by atoms with E-state index in [4.69, 9.17) is 19.2 Å². The third-order valence-electron chi connectivity index (χ3n) is 7.26. The molecule has 0 radical (unpaired) electrons. The number of nitrogens with zero attached hydrogens (tertiary/aromatic N) is 6. The molecular formula is C29H26N6O4. The number of anilines is 1. The van der Waals surface area contributed by atoms with Gasteiger partial charge in [0.05, 0.1) is 12.6 Å². The van der Waals surface area contributed by atoms with Gasteiger partial charge in [0, 0.05) is 42.7 Å². The van der Waals surface area contributed by atoms with Gasteiger partial charge in [0.2, 0.25) is 12.7 Å². The lowest BCUT2D eigenvalue weighted by Crippen LogP contribution is -2.36. The van der Waals surface area contributed by atoms with Gasteiger partial charge in [-0.2, -0.15) is 0 Å². The van der Waals surface area contributed by atoms with Crippen molar-refractivity contribution in [2.75, 3.05) is 45.0 Å². The highest BCUT2D eigenvalue weighted by atomic mass is 16.7. The third-order valence-corrected chi connectivity index (χ3v) is 7.26. The molecule has 1 saturated heterocycles. The number of hydrogen-bond donors (Lipinski definition) is 0. The van der Waals surface area contributed by atoms with Crippen molar-refractivity contribution < 1.29 is 19.0 Å². The number of methoxy groups -OCH3 is 1. The van der Waals surface area contributed by atoms with Crippen molar-refractivity contribution in [2.45, 2.75) is 6.42 Å². The fraction of sp³-hybridized carbons (Fsp3) is 0.241. The van der Waals surface area contributed by atoms with Gasteiger partial charge >= 0.3 is 0 Å². The molecule has 3 aromatic carbocycles. The van der Waals surface area contributed by atoms with E-state index in [-0.39, 0.29) is 12.7 Å². The summed E-state index contributed by atoms with van der Waals surface area (Å²) in [6.45, 7) is 2.75. The Labute approximate surface area is 224 Å². The topological polar surface area (TPSA) is 94.3 Å². The molecule has 1 amide bonds. The summed E-state index contributed by atoms with van der Waals surface area (Å²) in [6, 6.07) is 21.1. The molecule has 0 bridgehead atoms. The van der Waals surface area contributed by atoms with Crippen LogP contribution in [0, 0.1) is 0 Å². The van der Waals surface area contributed by atoms with Crippen molar-refractivity contribution in [3.63, 3.8) is 0 Å². The molecule has 2 aliphatic rings. The molecule has 10 nitrogen and oxygen atoms in total.